The topological polar surface area (TPSA) is 58.2 Å². The summed E-state index contributed by atoms with van der Waals surface area (Å²) in [5.74, 6) is 1.77. The summed E-state index contributed by atoms with van der Waals surface area (Å²) in [5, 5.41) is 11.6. The van der Waals surface area contributed by atoms with E-state index in [9.17, 15) is 0 Å². The highest BCUT2D eigenvalue weighted by Crippen LogP contribution is 2.08. The van der Waals surface area contributed by atoms with Crippen LogP contribution in [0.15, 0.2) is 16.5 Å². The van der Waals surface area contributed by atoms with Crippen molar-refractivity contribution in [2.24, 2.45) is 0 Å². The van der Waals surface area contributed by atoms with Crippen molar-refractivity contribution in [3.8, 4) is 6.07 Å². The molecule has 0 amide bonds. The third-order valence-corrected chi connectivity index (χ3v) is 2.20. The van der Waals surface area contributed by atoms with Crippen LogP contribution in [0.25, 0.3) is 0 Å². The van der Waals surface area contributed by atoms with Crippen molar-refractivity contribution >= 4 is 0 Å². The van der Waals surface area contributed by atoms with Crippen LogP contribution in [0, 0.1) is 11.3 Å². The Hall–Kier alpha value is -1.31. The normalized spacial score (nSPS) is 10.2. The van der Waals surface area contributed by atoms with E-state index in [1.807, 2.05) is 12.1 Å². The van der Waals surface area contributed by atoms with E-state index in [0.29, 0.717) is 13.0 Å². The Morgan fingerprint density at radius 1 is 1.38 bits per heavy atom. The number of rotatable bonds is 8. The molecule has 1 heterocycles. The molecule has 0 bridgehead atoms. The summed E-state index contributed by atoms with van der Waals surface area (Å²) in [6.45, 7) is 2.17. The molecule has 4 heteroatoms. The van der Waals surface area contributed by atoms with E-state index < -0.39 is 0 Å². The summed E-state index contributed by atoms with van der Waals surface area (Å²) in [6, 6.07) is 6.02. The summed E-state index contributed by atoms with van der Waals surface area (Å²) >= 11 is 0. The molecule has 0 unspecified atom stereocenters. The van der Waals surface area contributed by atoms with Crippen molar-refractivity contribution in [3.63, 3.8) is 0 Å². The van der Waals surface area contributed by atoms with Gasteiger partial charge >= 0.3 is 0 Å². The summed E-state index contributed by atoms with van der Waals surface area (Å²) in [4.78, 5) is 0. The molecule has 0 saturated carbocycles. The van der Waals surface area contributed by atoms with Gasteiger partial charge in [0, 0.05) is 13.5 Å². The average Bonchev–Trinajstić information content (AvgIpc) is 2.72. The molecule has 0 aliphatic heterocycles. The molecule has 0 atom stereocenters. The molecule has 0 saturated heterocycles. The first-order valence-electron chi connectivity index (χ1n) is 5.51. The van der Waals surface area contributed by atoms with Gasteiger partial charge in [0.1, 0.15) is 18.1 Å². The molecule has 4 nitrogen and oxygen atoms in total. The highest BCUT2D eigenvalue weighted by Gasteiger charge is 2.00. The van der Waals surface area contributed by atoms with Gasteiger partial charge in [-0.05, 0) is 31.5 Å². The van der Waals surface area contributed by atoms with E-state index in [1.165, 1.54) is 0 Å². The second kappa shape index (κ2) is 7.91. The van der Waals surface area contributed by atoms with Gasteiger partial charge in [-0.3, -0.25) is 0 Å². The number of hydrogen-bond acceptors (Lipinski definition) is 4. The second-order valence-corrected chi connectivity index (χ2v) is 3.59. The zero-order valence-corrected chi connectivity index (χ0v) is 9.66. The van der Waals surface area contributed by atoms with Gasteiger partial charge in [-0.25, -0.2) is 0 Å². The van der Waals surface area contributed by atoms with Crippen LogP contribution in [0.2, 0.25) is 0 Å². The van der Waals surface area contributed by atoms with Crippen molar-refractivity contribution in [1.29, 1.82) is 5.26 Å². The maximum atomic E-state index is 8.36. The lowest BCUT2D eigenvalue weighted by molar-refractivity contribution is 0.162. The van der Waals surface area contributed by atoms with Crippen LogP contribution >= 0.6 is 0 Å². The average molecular weight is 222 g/mol. The summed E-state index contributed by atoms with van der Waals surface area (Å²) in [5.41, 5.74) is 0. The van der Waals surface area contributed by atoms with E-state index in [2.05, 4.69) is 11.4 Å². The Kier molecular flexibility index (Phi) is 6.31. The molecule has 1 N–H and O–H groups in total. The minimum absolute atomic E-state index is 0.516. The predicted molar refractivity (Wildman–Crippen MR) is 60.6 cm³/mol. The fourth-order valence-electron chi connectivity index (χ4n) is 1.40. The third-order valence-electron chi connectivity index (χ3n) is 2.20. The zero-order chi connectivity index (χ0) is 11.6. The standard InChI is InChI=1S/C12H18N2O2/c1-15-10-12-6-5-11(16-12)9-14-8-4-2-3-7-13/h5-6,14H,2-4,8-10H2,1H3. The van der Waals surface area contributed by atoms with E-state index in [0.717, 1.165) is 37.5 Å². The van der Waals surface area contributed by atoms with Crippen LogP contribution < -0.4 is 5.32 Å². The van der Waals surface area contributed by atoms with Gasteiger partial charge in [-0.15, -0.1) is 0 Å². The van der Waals surface area contributed by atoms with Crippen molar-refractivity contribution in [2.75, 3.05) is 13.7 Å². The van der Waals surface area contributed by atoms with Crippen molar-refractivity contribution < 1.29 is 9.15 Å². The summed E-state index contributed by atoms with van der Waals surface area (Å²) in [6.07, 6.45) is 2.62. The Bertz CT molecular complexity index is 328. The Morgan fingerprint density at radius 3 is 2.94 bits per heavy atom. The minimum atomic E-state index is 0.516. The van der Waals surface area contributed by atoms with Crippen LogP contribution in [0.5, 0.6) is 0 Å². The molecule has 1 rings (SSSR count). The molecule has 0 fully saturated rings. The molecule has 0 spiro atoms. The van der Waals surface area contributed by atoms with Crippen molar-refractivity contribution in [3.05, 3.63) is 23.7 Å². The molecule has 0 aliphatic carbocycles. The lowest BCUT2D eigenvalue weighted by atomic mass is 10.2. The van der Waals surface area contributed by atoms with Gasteiger partial charge in [0.15, 0.2) is 0 Å². The first kappa shape index (κ1) is 12.8. The quantitative estimate of drug-likeness (QED) is 0.685. The highest BCUT2D eigenvalue weighted by molar-refractivity contribution is 5.06. The van der Waals surface area contributed by atoms with E-state index in [-0.39, 0.29) is 0 Å². The van der Waals surface area contributed by atoms with Crippen molar-refractivity contribution in [2.45, 2.75) is 32.4 Å². The van der Waals surface area contributed by atoms with E-state index in [4.69, 9.17) is 14.4 Å². The molecule has 0 aromatic carbocycles. The number of ether oxygens (including phenoxy) is 1. The Balaban J connectivity index is 2.10. The van der Waals surface area contributed by atoms with Gasteiger partial charge in [-0.2, -0.15) is 5.26 Å². The molecule has 16 heavy (non-hydrogen) atoms. The van der Waals surface area contributed by atoms with E-state index in [1.54, 1.807) is 7.11 Å². The SMILES string of the molecule is COCc1ccc(CNCCCCC#N)o1. The summed E-state index contributed by atoms with van der Waals surface area (Å²) < 4.78 is 10.5. The Morgan fingerprint density at radius 2 is 2.19 bits per heavy atom. The third kappa shape index (κ3) is 4.96. The monoisotopic (exact) mass is 222 g/mol. The van der Waals surface area contributed by atoms with Crippen LogP contribution in [0.1, 0.15) is 30.8 Å². The fraction of sp³-hybridized carbons (Fsp3) is 0.583. The predicted octanol–water partition coefficient (Wildman–Crippen LogP) is 2.21. The zero-order valence-electron chi connectivity index (χ0n) is 9.66. The lowest BCUT2D eigenvalue weighted by Gasteiger charge is -2.01. The molecular formula is C12H18N2O2. The van der Waals surface area contributed by atoms with Gasteiger partial charge in [0.2, 0.25) is 0 Å². The largest absolute Gasteiger partial charge is 0.462 e. The second-order valence-electron chi connectivity index (χ2n) is 3.59. The van der Waals surface area contributed by atoms with Crippen LogP contribution in [-0.2, 0) is 17.9 Å². The van der Waals surface area contributed by atoms with Crippen molar-refractivity contribution in [1.82, 2.24) is 5.32 Å². The van der Waals surface area contributed by atoms with Crippen LogP contribution in [0.4, 0.5) is 0 Å². The number of methoxy groups -OCH3 is 1. The number of furan rings is 1. The number of nitrogens with one attached hydrogen (secondary N) is 1. The van der Waals surface area contributed by atoms with Gasteiger partial charge in [0.25, 0.3) is 0 Å². The number of hydrogen-bond donors (Lipinski definition) is 1. The maximum Gasteiger partial charge on any atom is 0.129 e. The number of nitriles is 1. The first-order valence-corrected chi connectivity index (χ1v) is 5.51. The molecule has 0 aliphatic rings. The summed E-state index contributed by atoms with van der Waals surface area (Å²) in [7, 11) is 1.65. The first-order chi connectivity index (χ1) is 7.86. The smallest absolute Gasteiger partial charge is 0.129 e. The highest BCUT2D eigenvalue weighted by atomic mass is 16.5. The molecule has 1 aromatic heterocycles. The lowest BCUT2D eigenvalue weighted by Crippen LogP contribution is -2.14. The van der Waals surface area contributed by atoms with Gasteiger partial charge in [-0.1, -0.05) is 0 Å². The molecule has 1 aromatic rings. The van der Waals surface area contributed by atoms with Gasteiger partial charge in [0.05, 0.1) is 12.6 Å². The number of nitrogens with zero attached hydrogens (tertiary/aromatic N) is 1. The Labute approximate surface area is 96.2 Å². The fourth-order valence-corrected chi connectivity index (χ4v) is 1.40. The van der Waals surface area contributed by atoms with Gasteiger partial charge < -0.3 is 14.5 Å². The van der Waals surface area contributed by atoms with Crippen LogP contribution in [-0.4, -0.2) is 13.7 Å². The molecule has 88 valence electrons. The molecular weight excluding hydrogens is 204 g/mol. The maximum absolute atomic E-state index is 8.36. The molecule has 0 radical (unpaired) electrons. The number of unbranched alkanes of at least 4 members (excludes halogenated alkanes) is 2. The van der Waals surface area contributed by atoms with Crippen LogP contribution in [0.3, 0.4) is 0 Å². The minimum Gasteiger partial charge on any atom is -0.462 e. The van der Waals surface area contributed by atoms with E-state index >= 15 is 0 Å².